The monoisotopic (exact) mass is 386 g/mol. The fourth-order valence-corrected chi connectivity index (χ4v) is 2.60. The molecule has 0 fully saturated rings. The van der Waals surface area contributed by atoms with Gasteiger partial charge in [-0.1, -0.05) is 18.2 Å². The Morgan fingerprint density at radius 2 is 1.82 bits per heavy atom. The van der Waals surface area contributed by atoms with Crippen molar-refractivity contribution in [2.45, 2.75) is 26.3 Å². The molecular weight excluding hydrogens is 368 g/mol. The Morgan fingerprint density at radius 1 is 1.18 bits per heavy atom. The zero-order valence-corrected chi connectivity index (χ0v) is 15.2. The lowest BCUT2D eigenvalue weighted by molar-refractivity contribution is -0.385. The van der Waals surface area contributed by atoms with Gasteiger partial charge in [-0.25, -0.2) is 4.79 Å². The summed E-state index contributed by atoms with van der Waals surface area (Å²) in [5, 5.41) is 22.8. The molecule has 0 heterocycles. The third kappa shape index (κ3) is 5.13. The summed E-state index contributed by atoms with van der Waals surface area (Å²) in [5.41, 5.74) is 0.561. The average Bonchev–Trinajstić information content (AvgIpc) is 2.62. The molecule has 2 N–H and O–H groups in total. The van der Waals surface area contributed by atoms with E-state index >= 15 is 0 Å². The van der Waals surface area contributed by atoms with E-state index in [1.165, 1.54) is 44.2 Å². The Balaban J connectivity index is 2.16. The number of benzene rings is 2. The standard InChI is InChI=1S/C19H18N2O7/c1-11-15(4-3-5-17(11)21(26)27)18(23)20-16(19(24)25)10-13-6-8-14(9-7-13)28-12(2)22/h3-9,16H,10H2,1-2H3,(H,20,23)(H,24,25). The Labute approximate surface area is 160 Å². The maximum atomic E-state index is 12.5. The Bertz CT molecular complexity index is 922. The molecule has 1 atom stereocenters. The highest BCUT2D eigenvalue weighted by Crippen LogP contribution is 2.21. The average molecular weight is 386 g/mol. The van der Waals surface area contributed by atoms with Crippen LogP contribution in [0.15, 0.2) is 42.5 Å². The van der Waals surface area contributed by atoms with Gasteiger partial charge in [-0.2, -0.15) is 0 Å². The van der Waals surface area contributed by atoms with E-state index in [1.54, 1.807) is 12.1 Å². The van der Waals surface area contributed by atoms with Crippen LogP contribution in [0.1, 0.15) is 28.4 Å². The number of esters is 1. The molecular formula is C19H18N2O7. The summed E-state index contributed by atoms with van der Waals surface area (Å²) in [5.74, 6) is -2.12. The Morgan fingerprint density at radius 3 is 2.36 bits per heavy atom. The summed E-state index contributed by atoms with van der Waals surface area (Å²) in [6.45, 7) is 2.69. The predicted molar refractivity (Wildman–Crippen MR) is 98.2 cm³/mol. The number of hydrogen-bond acceptors (Lipinski definition) is 6. The Kier molecular flexibility index (Phi) is 6.43. The molecule has 28 heavy (non-hydrogen) atoms. The fourth-order valence-electron chi connectivity index (χ4n) is 2.60. The van der Waals surface area contributed by atoms with Crippen molar-refractivity contribution in [1.29, 1.82) is 0 Å². The number of nitrogens with one attached hydrogen (secondary N) is 1. The third-order valence-corrected chi connectivity index (χ3v) is 3.97. The van der Waals surface area contributed by atoms with Crippen LogP contribution in [0.3, 0.4) is 0 Å². The first kappa shape index (κ1) is 20.6. The van der Waals surface area contributed by atoms with Crippen LogP contribution in [-0.4, -0.2) is 33.9 Å². The van der Waals surface area contributed by atoms with Crippen molar-refractivity contribution in [2.24, 2.45) is 0 Å². The second-order valence-corrected chi connectivity index (χ2v) is 6.01. The highest BCUT2D eigenvalue weighted by Gasteiger charge is 2.24. The van der Waals surface area contributed by atoms with Gasteiger partial charge in [0.05, 0.1) is 4.92 Å². The van der Waals surface area contributed by atoms with Gasteiger partial charge in [0.25, 0.3) is 11.6 Å². The summed E-state index contributed by atoms with van der Waals surface area (Å²) in [6.07, 6.45) is -0.0185. The number of amides is 1. The van der Waals surface area contributed by atoms with Gasteiger partial charge in [0.15, 0.2) is 0 Å². The lowest BCUT2D eigenvalue weighted by Crippen LogP contribution is -2.42. The van der Waals surface area contributed by atoms with Crippen molar-refractivity contribution in [3.8, 4) is 5.75 Å². The molecule has 1 amide bonds. The maximum absolute atomic E-state index is 12.5. The lowest BCUT2D eigenvalue weighted by atomic mass is 10.0. The van der Waals surface area contributed by atoms with Crippen LogP contribution < -0.4 is 10.1 Å². The van der Waals surface area contributed by atoms with E-state index in [0.717, 1.165) is 0 Å². The number of carboxylic acid groups (broad SMARTS) is 1. The van der Waals surface area contributed by atoms with Crippen molar-refractivity contribution in [3.05, 3.63) is 69.3 Å². The molecule has 0 saturated heterocycles. The molecule has 0 radical (unpaired) electrons. The molecule has 0 aliphatic carbocycles. The zero-order chi connectivity index (χ0) is 20.8. The van der Waals surface area contributed by atoms with Gasteiger partial charge in [-0.3, -0.25) is 19.7 Å². The van der Waals surface area contributed by atoms with Crippen molar-refractivity contribution >= 4 is 23.5 Å². The largest absolute Gasteiger partial charge is 0.480 e. The van der Waals surface area contributed by atoms with Crippen molar-refractivity contribution in [1.82, 2.24) is 5.32 Å². The second kappa shape index (κ2) is 8.76. The lowest BCUT2D eigenvalue weighted by Gasteiger charge is -2.16. The summed E-state index contributed by atoms with van der Waals surface area (Å²) < 4.78 is 4.91. The van der Waals surface area contributed by atoms with Gasteiger partial charge < -0.3 is 15.2 Å². The van der Waals surface area contributed by atoms with Crippen LogP contribution >= 0.6 is 0 Å². The number of carboxylic acids is 1. The van der Waals surface area contributed by atoms with E-state index < -0.39 is 28.8 Å². The van der Waals surface area contributed by atoms with Gasteiger partial charge in [0.2, 0.25) is 0 Å². The normalized spacial score (nSPS) is 11.4. The third-order valence-electron chi connectivity index (χ3n) is 3.97. The highest BCUT2D eigenvalue weighted by atomic mass is 16.6. The number of ether oxygens (including phenoxy) is 1. The number of carbonyl (C=O) groups is 3. The van der Waals surface area contributed by atoms with Gasteiger partial charge in [0, 0.05) is 30.5 Å². The van der Waals surface area contributed by atoms with E-state index in [1.807, 2.05) is 0 Å². The first-order chi connectivity index (χ1) is 13.2. The van der Waals surface area contributed by atoms with Crippen LogP contribution in [0.4, 0.5) is 5.69 Å². The molecule has 1 unspecified atom stereocenters. The second-order valence-electron chi connectivity index (χ2n) is 6.01. The van der Waals surface area contributed by atoms with Crippen LogP contribution in [0.25, 0.3) is 0 Å². The number of nitro benzene ring substituents is 1. The SMILES string of the molecule is CC(=O)Oc1ccc(CC(NC(=O)c2cccc([N+](=O)[O-])c2C)C(=O)O)cc1. The molecule has 2 aromatic rings. The molecule has 2 rings (SSSR count). The van der Waals surface area contributed by atoms with E-state index in [-0.39, 0.29) is 23.2 Å². The minimum absolute atomic E-state index is 0.0185. The van der Waals surface area contributed by atoms with Crippen LogP contribution in [0.5, 0.6) is 5.75 Å². The first-order valence-corrected chi connectivity index (χ1v) is 8.24. The molecule has 0 bridgehead atoms. The number of aliphatic carboxylic acids is 1. The van der Waals surface area contributed by atoms with E-state index in [9.17, 15) is 29.6 Å². The maximum Gasteiger partial charge on any atom is 0.326 e. The van der Waals surface area contributed by atoms with Crippen molar-refractivity contribution < 1.29 is 29.2 Å². The molecule has 9 heteroatoms. The molecule has 146 valence electrons. The number of nitrogens with zero attached hydrogens (tertiary/aromatic N) is 1. The van der Waals surface area contributed by atoms with E-state index in [0.29, 0.717) is 11.3 Å². The number of carbonyl (C=O) groups excluding carboxylic acids is 2. The Hall–Kier alpha value is -3.75. The summed E-state index contributed by atoms with van der Waals surface area (Å²) in [6, 6.07) is 8.98. The summed E-state index contributed by atoms with van der Waals surface area (Å²) in [7, 11) is 0. The smallest absolute Gasteiger partial charge is 0.326 e. The van der Waals surface area contributed by atoms with Crippen molar-refractivity contribution in [3.63, 3.8) is 0 Å². The van der Waals surface area contributed by atoms with Gasteiger partial charge in [-0.05, 0) is 30.7 Å². The van der Waals surface area contributed by atoms with Gasteiger partial charge >= 0.3 is 11.9 Å². The molecule has 0 aromatic heterocycles. The molecule has 0 saturated carbocycles. The molecule has 0 aliphatic heterocycles. The molecule has 9 nitrogen and oxygen atoms in total. The minimum atomic E-state index is -1.25. The van der Waals surface area contributed by atoms with Gasteiger partial charge in [0.1, 0.15) is 11.8 Å². The molecule has 2 aromatic carbocycles. The fraction of sp³-hybridized carbons (Fsp3) is 0.211. The number of rotatable bonds is 7. The zero-order valence-electron chi connectivity index (χ0n) is 15.2. The number of hydrogen-bond donors (Lipinski definition) is 2. The van der Waals surface area contributed by atoms with Crippen LogP contribution in [-0.2, 0) is 16.0 Å². The van der Waals surface area contributed by atoms with Crippen molar-refractivity contribution in [2.75, 3.05) is 0 Å². The highest BCUT2D eigenvalue weighted by molar-refractivity contribution is 5.98. The van der Waals surface area contributed by atoms with Crippen LogP contribution in [0, 0.1) is 17.0 Å². The van der Waals surface area contributed by atoms with E-state index in [2.05, 4.69) is 5.32 Å². The quantitative estimate of drug-likeness (QED) is 0.322. The molecule has 0 spiro atoms. The summed E-state index contributed by atoms with van der Waals surface area (Å²) in [4.78, 5) is 45.3. The number of nitro groups is 1. The van der Waals surface area contributed by atoms with Crippen LogP contribution in [0.2, 0.25) is 0 Å². The predicted octanol–water partition coefficient (Wildman–Crippen LogP) is 2.25. The minimum Gasteiger partial charge on any atom is -0.480 e. The molecule has 0 aliphatic rings. The topological polar surface area (TPSA) is 136 Å². The summed E-state index contributed by atoms with van der Waals surface area (Å²) >= 11 is 0. The first-order valence-electron chi connectivity index (χ1n) is 8.24. The van der Waals surface area contributed by atoms with Gasteiger partial charge in [-0.15, -0.1) is 0 Å². The van der Waals surface area contributed by atoms with E-state index in [4.69, 9.17) is 4.74 Å².